The fraction of sp³-hybridized carbons (Fsp3) is 0.263. The molecule has 2 N–H and O–H groups in total. The number of carbonyl (C=O) groups excluding carboxylic acids is 1. The van der Waals surface area contributed by atoms with Gasteiger partial charge in [0.1, 0.15) is 5.75 Å². The number of nitrogens with one attached hydrogen (secondary N) is 1. The molecule has 0 saturated carbocycles. The van der Waals surface area contributed by atoms with Crippen molar-refractivity contribution in [3.63, 3.8) is 0 Å². The number of ether oxygens (including phenoxy) is 1. The van der Waals surface area contributed by atoms with Crippen LogP contribution < -0.4 is 10.1 Å². The Morgan fingerprint density at radius 3 is 2.56 bits per heavy atom. The largest absolute Gasteiger partial charge is 0.482 e. The molecule has 2 aromatic carbocycles. The zero-order valence-corrected chi connectivity index (χ0v) is 15.0. The van der Waals surface area contributed by atoms with Gasteiger partial charge in [-0.2, -0.15) is 0 Å². The Balaban J connectivity index is 2.00. The fourth-order valence-corrected chi connectivity index (χ4v) is 2.92. The Kier molecular flexibility index (Phi) is 6.89. The number of carbonyl (C=O) groups is 2. The lowest BCUT2D eigenvalue weighted by atomic mass is 10.1. The monoisotopic (exact) mass is 359 g/mol. The third-order valence-corrected chi connectivity index (χ3v) is 4.39. The molecule has 1 unspecified atom stereocenters. The van der Waals surface area contributed by atoms with Gasteiger partial charge >= 0.3 is 5.97 Å². The van der Waals surface area contributed by atoms with Crippen molar-refractivity contribution >= 4 is 23.6 Å². The number of thioether (sulfide) groups is 1. The van der Waals surface area contributed by atoms with E-state index in [0.717, 1.165) is 11.3 Å². The Bertz CT molecular complexity index is 730. The van der Waals surface area contributed by atoms with Gasteiger partial charge < -0.3 is 15.2 Å². The molecule has 0 aliphatic rings. The third kappa shape index (κ3) is 5.83. The second-order valence-electron chi connectivity index (χ2n) is 5.41. The summed E-state index contributed by atoms with van der Waals surface area (Å²) in [6.07, 6.45) is 0. The standard InChI is InChI=1S/C19H21NO4S/c1-3-25-17-9-7-14(8-10-17)13(2)20-19(23)15-5-4-6-16(11-15)24-12-18(21)22/h4-11,13H,3,12H2,1-2H3,(H,20,23)(H,21,22). The van der Waals surface area contributed by atoms with E-state index in [4.69, 9.17) is 9.84 Å². The van der Waals surface area contributed by atoms with Crippen LogP contribution in [0.3, 0.4) is 0 Å². The second-order valence-corrected chi connectivity index (χ2v) is 6.74. The maximum atomic E-state index is 12.4. The maximum Gasteiger partial charge on any atom is 0.341 e. The zero-order valence-electron chi connectivity index (χ0n) is 14.2. The molecule has 25 heavy (non-hydrogen) atoms. The molecule has 0 fully saturated rings. The minimum atomic E-state index is -1.06. The van der Waals surface area contributed by atoms with Crippen molar-refractivity contribution < 1.29 is 19.4 Å². The summed E-state index contributed by atoms with van der Waals surface area (Å²) >= 11 is 1.77. The number of hydrogen-bond donors (Lipinski definition) is 2. The van der Waals surface area contributed by atoms with Crippen LogP contribution in [0, 0.1) is 0 Å². The van der Waals surface area contributed by atoms with Crippen LogP contribution in [0.2, 0.25) is 0 Å². The zero-order chi connectivity index (χ0) is 18.2. The number of hydrogen-bond acceptors (Lipinski definition) is 4. The van der Waals surface area contributed by atoms with E-state index in [-0.39, 0.29) is 11.9 Å². The van der Waals surface area contributed by atoms with Crippen LogP contribution in [-0.4, -0.2) is 29.3 Å². The first-order valence-electron chi connectivity index (χ1n) is 7.98. The molecule has 0 aliphatic heterocycles. The van der Waals surface area contributed by atoms with E-state index >= 15 is 0 Å². The van der Waals surface area contributed by atoms with Crippen molar-refractivity contribution in [1.82, 2.24) is 5.32 Å². The third-order valence-electron chi connectivity index (χ3n) is 3.50. The molecule has 0 aromatic heterocycles. The first kappa shape index (κ1) is 18.9. The lowest BCUT2D eigenvalue weighted by Crippen LogP contribution is -2.26. The Hall–Kier alpha value is -2.47. The smallest absolute Gasteiger partial charge is 0.341 e. The highest BCUT2D eigenvalue weighted by Crippen LogP contribution is 2.21. The average molecular weight is 359 g/mol. The quantitative estimate of drug-likeness (QED) is 0.702. The molecule has 0 aliphatic carbocycles. The summed E-state index contributed by atoms with van der Waals surface area (Å²) in [4.78, 5) is 24.2. The van der Waals surface area contributed by atoms with Crippen LogP contribution in [0.15, 0.2) is 53.4 Å². The van der Waals surface area contributed by atoms with Gasteiger partial charge in [0.2, 0.25) is 0 Å². The van der Waals surface area contributed by atoms with Crippen molar-refractivity contribution in [2.24, 2.45) is 0 Å². The molecule has 1 amide bonds. The number of carboxylic acids is 1. The topological polar surface area (TPSA) is 75.6 Å². The second kappa shape index (κ2) is 9.13. The van der Waals surface area contributed by atoms with E-state index in [1.807, 2.05) is 31.2 Å². The van der Waals surface area contributed by atoms with E-state index in [0.29, 0.717) is 11.3 Å². The van der Waals surface area contributed by atoms with Crippen molar-refractivity contribution in [2.45, 2.75) is 24.8 Å². The summed E-state index contributed by atoms with van der Waals surface area (Å²) in [5, 5.41) is 11.6. The molecule has 132 valence electrons. The average Bonchev–Trinajstić information content (AvgIpc) is 2.61. The molecule has 0 spiro atoms. The van der Waals surface area contributed by atoms with Gasteiger partial charge in [0.25, 0.3) is 5.91 Å². The van der Waals surface area contributed by atoms with Crippen LogP contribution >= 0.6 is 11.8 Å². The number of aliphatic carboxylic acids is 1. The Morgan fingerprint density at radius 1 is 1.20 bits per heavy atom. The van der Waals surface area contributed by atoms with E-state index in [9.17, 15) is 9.59 Å². The molecule has 2 aromatic rings. The Morgan fingerprint density at radius 2 is 1.92 bits per heavy atom. The number of carboxylic acid groups (broad SMARTS) is 1. The van der Waals surface area contributed by atoms with Gasteiger partial charge in [-0.3, -0.25) is 4.79 Å². The van der Waals surface area contributed by atoms with E-state index < -0.39 is 12.6 Å². The normalized spacial score (nSPS) is 11.6. The summed E-state index contributed by atoms with van der Waals surface area (Å²) < 4.78 is 5.10. The predicted molar refractivity (Wildman–Crippen MR) is 98.3 cm³/mol. The molecule has 1 atom stereocenters. The molecule has 0 radical (unpaired) electrons. The lowest BCUT2D eigenvalue weighted by molar-refractivity contribution is -0.139. The molecule has 6 heteroatoms. The predicted octanol–water partition coefficient (Wildman–Crippen LogP) is 3.75. The van der Waals surface area contributed by atoms with E-state index in [1.54, 1.807) is 30.0 Å². The van der Waals surface area contributed by atoms with Gasteiger partial charge in [0.15, 0.2) is 6.61 Å². The lowest BCUT2D eigenvalue weighted by Gasteiger charge is -2.15. The highest BCUT2D eigenvalue weighted by Gasteiger charge is 2.12. The number of rotatable bonds is 8. The molecule has 0 bridgehead atoms. The molecular weight excluding hydrogens is 338 g/mol. The minimum absolute atomic E-state index is 0.142. The van der Waals surface area contributed by atoms with Gasteiger partial charge in [-0.05, 0) is 48.6 Å². The molecule has 5 nitrogen and oxygen atoms in total. The highest BCUT2D eigenvalue weighted by atomic mass is 32.2. The molecule has 0 heterocycles. The van der Waals surface area contributed by atoms with Crippen molar-refractivity contribution in [1.29, 1.82) is 0 Å². The van der Waals surface area contributed by atoms with Crippen molar-refractivity contribution in [2.75, 3.05) is 12.4 Å². The van der Waals surface area contributed by atoms with Gasteiger partial charge in [-0.15, -0.1) is 11.8 Å². The van der Waals surface area contributed by atoms with Gasteiger partial charge in [-0.1, -0.05) is 25.1 Å². The summed E-state index contributed by atoms with van der Waals surface area (Å²) in [5.41, 5.74) is 1.44. The van der Waals surface area contributed by atoms with Crippen molar-refractivity contribution in [3.8, 4) is 5.75 Å². The fourth-order valence-electron chi connectivity index (χ4n) is 2.25. The van der Waals surface area contributed by atoms with Gasteiger partial charge in [0.05, 0.1) is 6.04 Å². The van der Waals surface area contributed by atoms with Gasteiger partial charge in [-0.25, -0.2) is 4.79 Å². The Labute approximate surface area is 151 Å². The van der Waals surface area contributed by atoms with E-state index in [2.05, 4.69) is 12.2 Å². The summed E-state index contributed by atoms with van der Waals surface area (Å²) in [6, 6.07) is 14.4. The van der Waals surface area contributed by atoms with Crippen LogP contribution in [0.5, 0.6) is 5.75 Å². The van der Waals surface area contributed by atoms with Crippen LogP contribution in [0.1, 0.15) is 35.8 Å². The van der Waals surface area contributed by atoms with Crippen molar-refractivity contribution in [3.05, 3.63) is 59.7 Å². The van der Waals surface area contributed by atoms with E-state index in [1.165, 1.54) is 11.0 Å². The maximum absolute atomic E-state index is 12.4. The number of benzene rings is 2. The molecule has 0 saturated heterocycles. The first-order chi connectivity index (χ1) is 12.0. The SMILES string of the molecule is CCSc1ccc(C(C)NC(=O)c2cccc(OCC(=O)O)c2)cc1. The minimum Gasteiger partial charge on any atom is -0.482 e. The number of amides is 1. The van der Waals surface area contributed by atoms with Crippen LogP contribution in [0.4, 0.5) is 0 Å². The van der Waals surface area contributed by atoms with Crippen LogP contribution in [0.25, 0.3) is 0 Å². The first-order valence-corrected chi connectivity index (χ1v) is 8.96. The molecule has 2 rings (SSSR count). The van der Waals surface area contributed by atoms with Crippen LogP contribution in [-0.2, 0) is 4.79 Å². The highest BCUT2D eigenvalue weighted by molar-refractivity contribution is 7.99. The van der Waals surface area contributed by atoms with Gasteiger partial charge in [0, 0.05) is 10.5 Å². The summed E-state index contributed by atoms with van der Waals surface area (Å²) in [5.74, 6) is 0.0726. The summed E-state index contributed by atoms with van der Waals surface area (Å²) in [6.45, 7) is 3.59. The summed E-state index contributed by atoms with van der Waals surface area (Å²) in [7, 11) is 0. The molecular formula is C19H21NO4S.